The number of nitrogens with zero attached hydrogens (tertiary/aromatic N) is 3. The summed E-state index contributed by atoms with van der Waals surface area (Å²) in [6.07, 6.45) is -3.62. The van der Waals surface area contributed by atoms with Gasteiger partial charge in [0.15, 0.2) is 6.23 Å². The van der Waals surface area contributed by atoms with E-state index in [2.05, 4.69) is 9.97 Å². The van der Waals surface area contributed by atoms with Crippen LogP contribution in [0.4, 0.5) is 5.95 Å². The molecule has 1 aliphatic heterocycles. The summed E-state index contributed by atoms with van der Waals surface area (Å²) in [4.78, 5) is 18.6. The highest BCUT2D eigenvalue weighted by molar-refractivity contribution is 5.09. The monoisotopic (exact) mass is 258 g/mol. The van der Waals surface area contributed by atoms with Gasteiger partial charge in [-0.2, -0.15) is 4.98 Å². The number of aromatic nitrogens is 3. The molecule has 1 saturated heterocycles. The molecule has 0 bridgehead atoms. The first-order valence-electron chi connectivity index (χ1n) is 5.35. The van der Waals surface area contributed by atoms with Crippen LogP contribution in [0.5, 0.6) is 0 Å². The smallest absolute Gasteiger partial charge is 0.354 e. The van der Waals surface area contributed by atoms with Crippen LogP contribution in [0.15, 0.2) is 11.1 Å². The van der Waals surface area contributed by atoms with E-state index in [0.717, 1.165) is 10.9 Å². The first-order valence-corrected chi connectivity index (χ1v) is 5.35. The summed E-state index contributed by atoms with van der Waals surface area (Å²) in [6.45, 7) is -0.115. The van der Waals surface area contributed by atoms with Gasteiger partial charge in [-0.15, -0.1) is 0 Å². The van der Waals surface area contributed by atoms with Gasteiger partial charge in [0.1, 0.15) is 12.4 Å². The van der Waals surface area contributed by atoms with Crippen LogP contribution in [0.25, 0.3) is 0 Å². The minimum absolute atomic E-state index is 0.0394. The fraction of sp³-hybridized carbons (Fsp3) is 0.667. The van der Waals surface area contributed by atoms with E-state index in [-0.39, 0.29) is 19.0 Å². The van der Waals surface area contributed by atoms with Crippen LogP contribution < -0.4 is 11.4 Å². The largest absolute Gasteiger partial charge is 0.391 e. The second-order valence-electron chi connectivity index (χ2n) is 4.08. The first-order chi connectivity index (χ1) is 8.49. The number of hydrogen-bond donors (Lipinski definition) is 4. The van der Waals surface area contributed by atoms with E-state index >= 15 is 0 Å². The second-order valence-corrected chi connectivity index (χ2v) is 4.08. The van der Waals surface area contributed by atoms with Gasteiger partial charge in [0.2, 0.25) is 5.95 Å². The Balaban J connectivity index is 2.33. The quantitative estimate of drug-likeness (QED) is 0.423. The van der Waals surface area contributed by atoms with Gasteiger partial charge in [0.05, 0.1) is 18.8 Å². The van der Waals surface area contributed by atoms with Crippen LogP contribution in [0, 0.1) is 0 Å². The molecule has 2 rings (SSSR count). The molecule has 1 fully saturated rings. The molecule has 3 unspecified atom stereocenters. The normalized spacial score (nSPS) is 33.1. The van der Waals surface area contributed by atoms with Gasteiger partial charge in [-0.3, -0.25) is 4.57 Å². The van der Waals surface area contributed by atoms with Crippen molar-refractivity contribution in [2.24, 2.45) is 0 Å². The predicted octanol–water partition coefficient (Wildman–Crippen LogP) is -2.78. The summed E-state index contributed by atoms with van der Waals surface area (Å²) >= 11 is 0. The lowest BCUT2D eigenvalue weighted by Crippen LogP contribution is -2.40. The molecule has 0 saturated carbocycles. The highest BCUT2D eigenvalue weighted by atomic mass is 16.5. The number of anilines is 1. The number of aliphatic hydroxyl groups excluding tert-OH is 3. The molecule has 0 spiro atoms. The van der Waals surface area contributed by atoms with Crippen LogP contribution in [-0.2, 0) is 4.74 Å². The zero-order valence-electron chi connectivity index (χ0n) is 9.38. The van der Waals surface area contributed by atoms with E-state index in [4.69, 9.17) is 10.5 Å². The molecular weight excluding hydrogens is 244 g/mol. The van der Waals surface area contributed by atoms with Crippen molar-refractivity contribution in [1.82, 2.24) is 14.5 Å². The van der Waals surface area contributed by atoms with Gasteiger partial charge in [0, 0.05) is 6.42 Å². The maximum Gasteiger partial charge on any atom is 0.354 e. The highest BCUT2D eigenvalue weighted by Gasteiger charge is 2.34. The molecule has 4 atom stereocenters. The molecule has 1 aromatic heterocycles. The zero-order valence-corrected chi connectivity index (χ0v) is 9.38. The Morgan fingerprint density at radius 3 is 2.83 bits per heavy atom. The highest BCUT2D eigenvalue weighted by Crippen LogP contribution is 2.21. The van der Waals surface area contributed by atoms with E-state index in [1.165, 1.54) is 0 Å². The fourth-order valence-electron chi connectivity index (χ4n) is 1.76. The maximum atomic E-state index is 11.6. The molecule has 0 amide bonds. The van der Waals surface area contributed by atoms with Crippen molar-refractivity contribution in [2.75, 3.05) is 12.3 Å². The Morgan fingerprint density at radius 2 is 2.17 bits per heavy atom. The minimum atomic E-state index is -1.37. The van der Waals surface area contributed by atoms with E-state index in [0.29, 0.717) is 0 Å². The number of hydrogen-bond acceptors (Lipinski definition) is 8. The number of aliphatic hydroxyl groups is 3. The van der Waals surface area contributed by atoms with Crippen molar-refractivity contribution in [3.8, 4) is 0 Å². The fourth-order valence-corrected chi connectivity index (χ4v) is 1.76. The van der Waals surface area contributed by atoms with Crippen molar-refractivity contribution < 1.29 is 20.1 Å². The van der Waals surface area contributed by atoms with E-state index in [1.54, 1.807) is 0 Å². The third-order valence-electron chi connectivity index (χ3n) is 2.68. The topological polar surface area (TPSA) is 144 Å². The summed E-state index contributed by atoms with van der Waals surface area (Å²) in [7, 11) is 0. The lowest BCUT2D eigenvalue weighted by molar-refractivity contribution is -0.111. The molecule has 100 valence electrons. The van der Waals surface area contributed by atoms with Crippen molar-refractivity contribution in [3.63, 3.8) is 0 Å². The van der Waals surface area contributed by atoms with E-state index in [9.17, 15) is 20.1 Å². The van der Waals surface area contributed by atoms with Crippen molar-refractivity contribution in [2.45, 2.75) is 31.0 Å². The van der Waals surface area contributed by atoms with E-state index < -0.39 is 30.2 Å². The molecule has 18 heavy (non-hydrogen) atoms. The number of rotatable bonds is 1. The molecule has 9 nitrogen and oxygen atoms in total. The van der Waals surface area contributed by atoms with Gasteiger partial charge in [-0.1, -0.05) is 0 Å². The Bertz CT molecular complexity index is 478. The van der Waals surface area contributed by atoms with Crippen molar-refractivity contribution in [1.29, 1.82) is 0 Å². The van der Waals surface area contributed by atoms with Gasteiger partial charge in [-0.25, -0.2) is 9.78 Å². The predicted molar refractivity (Wildman–Crippen MR) is 58.3 cm³/mol. The SMILES string of the molecule is Nc1ncn([C@@H]2OCC(O)CC(O)C2O)c(=O)n1. The number of nitrogens with two attached hydrogens (primary N) is 1. The molecular formula is C9H14N4O5. The van der Waals surface area contributed by atoms with Gasteiger partial charge < -0.3 is 25.8 Å². The summed E-state index contributed by atoms with van der Waals surface area (Å²) in [5, 5.41) is 28.9. The summed E-state index contributed by atoms with van der Waals surface area (Å²) in [5.74, 6) is -0.194. The summed E-state index contributed by atoms with van der Waals surface area (Å²) < 4.78 is 6.11. The van der Waals surface area contributed by atoms with Crippen molar-refractivity contribution in [3.05, 3.63) is 16.8 Å². The van der Waals surface area contributed by atoms with Gasteiger partial charge >= 0.3 is 5.69 Å². The molecule has 2 heterocycles. The van der Waals surface area contributed by atoms with Crippen LogP contribution in [0.2, 0.25) is 0 Å². The third-order valence-corrected chi connectivity index (χ3v) is 2.68. The Hall–Kier alpha value is -1.55. The molecule has 1 aromatic rings. The van der Waals surface area contributed by atoms with E-state index in [1.807, 2.05) is 0 Å². The van der Waals surface area contributed by atoms with Crippen LogP contribution in [-0.4, -0.2) is 54.8 Å². The number of nitrogen functional groups attached to an aromatic ring is 1. The standard InChI is InChI=1S/C9H14N4O5/c10-8-11-3-13(9(17)12-8)7-6(16)5(15)1-4(14)2-18-7/h3-7,14-16H,1-2H2,(H2,10,12,17)/t4?,5?,6?,7-/m1/s1. The van der Waals surface area contributed by atoms with Crippen LogP contribution >= 0.6 is 0 Å². The molecule has 0 aromatic carbocycles. The van der Waals surface area contributed by atoms with Crippen molar-refractivity contribution >= 4 is 5.95 Å². The third kappa shape index (κ3) is 2.48. The van der Waals surface area contributed by atoms with Crippen LogP contribution in [0.1, 0.15) is 12.6 Å². The van der Waals surface area contributed by atoms with Gasteiger partial charge in [-0.05, 0) is 0 Å². The molecule has 5 N–H and O–H groups in total. The second kappa shape index (κ2) is 4.98. The Labute approximate surface area is 101 Å². The Kier molecular flexibility index (Phi) is 3.57. The van der Waals surface area contributed by atoms with Crippen LogP contribution in [0.3, 0.4) is 0 Å². The molecule has 1 aliphatic rings. The summed E-state index contributed by atoms with van der Waals surface area (Å²) in [6, 6.07) is 0. The van der Waals surface area contributed by atoms with Gasteiger partial charge in [0.25, 0.3) is 0 Å². The molecule has 0 radical (unpaired) electrons. The average Bonchev–Trinajstić information content (AvgIpc) is 2.41. The lowest BCUT2D eigenvalue weighted by Gasteiger charge is -2.24. The lowest BCUT2D eigenvalue weighted by atomic mass is 10.1. The zero-order chi connectivity index (χ0) is 13.3. The summed E-state index contributed by atoms with van der Waals surface area (Å²) in [5.41, 5.74) is 4.49. The average molecular weight is 258 g/mol. The maximum absolute atomic E-state index is 11.6. The number of ether oxygens (including phenoxy) is 1. The minimum Gasteiger partial charge on any atom is -0.391 e. The first kappa shape index (κ1) is 12.9. The molecule has 0 aliphatic carbocycles. The molecule has 9 heteroatoms. The Morgan fingerprint density at radius 1 is 1.44 bits per heavy atom.